The van der Waals surface area contributed by atoms with Crippen molar-refractivity contribution >= 4 is 23.3 Å². The van der Waals surface area contributed by atoms with Crippen molar-refractivity contribution in [3.8, 4) is 0 Å². The Balaban J connectivity index is 1.22. The lowest BCUT2D eigenvalue weighted by molar-refractivity contribution is -0.139. The summed E-state index contributed by atoms with van der Waals surface area (Å²) in [7, 11) is 0. The number of rotatable bonds is 4. The molecule has 2 N–H and O–H groups in total. The van der Waals surface area contributed by atoms with Crippen LogP contribution in [-0.2, 0) is 9.59 Å². The summed E-state index contributed by atoms with van der Waals surface area (Å²) < 4.78 is 0. The lowest BCUT2D eigenvalue weighted by atomic mass is 9.78. The van der Waals surface area contributed by atoms with E-state index in [1.165, 1.54) is 0 Å². The molecule has 2 aliphatic heterocycles. The molecule has 4 aliphatic rings. The zero-order valence-electron chi connectivity index (χ0n) is 19.0. The van der Waals surface area contributed by atoms with Crippen LogP contribution >= 0.6 is 0 Å². The SMILES string of the molecule is O=C(Nc1ccc(N2CCCC3(CCN(C4CCC(O)CC4)C3=O)C2)nc1)C1CCCC1. The van der Waals surface area contributed by atoms with E-state index in [2.05, 4.69) is 20.1 Å². The van der Waals surface area contributed by atoms with Gasteiger partial charge in [-0.2, -0.15) is 0 Å². The van der Waals surface area contributed by atoms with Gasteiger partial charge in [-0.15, -0.1) is 0 Å². The maximum Gasteiger partial charge on any atom is 0.230 e. The first kappa shape index (κ1) is 21.7. The molecule has 0 radical (unpaired) electrons. The fourth-order valence-corrected chi connectivity index (χ4v) is 6.35. The van der Waals surface area contributed by atoms with E-state index < -0.39 is 0 Å². The summed E-state index contributed by atoms with van der Waals surface area (Å²) in [6.07, 6.45) is 12.1. The first-order valence-corrected chi connectivity index (χ1v) is 12.6. The van der Waals surface area contributed by atoms with E-state index in [-0.39, 0.29) is 23.3 Å². The van der Waals surface area contributed by atoms with E-state index in [1.54, 1.807) is 6.20 Å². The number of nitrogens with zero attached hydrogens (tertiary/aromatic N) is 3. The van der Waals surface area contributed by atoms with Crippen LogP contribution in [0.25, 0.3) is 0 Å². The molecule has 7 nitrogen and oxygen atoms in total. The topological polar surface area (TPSA) is 85.8 Å². The summed E-state index contributed by atoms with van der Waals surface area (Å²) in [5, 5.41) is 12.8. The number of likely N-dealkylation sites (tertiary alicyclic amines) is 1. The van der Waals surface area contributed by atoms with Gasteiger partial charge in [0.2, 0.25) is 11.8 Å². The number of aliphatic hydroxyl groups excluding tert-OH is 1. The van der Waals surface area contributed by atoms with Crippen LogP contribution in [-0.4, -0.2) is 58.6 Å². The van der Waals surface area contributed by atoms with E-state index in [0.717, 1.165) is 102 Å². The molecule has 2 amide bonds. The Kier molecular flexibility index (Phi) is 6.10. The van der Waals surface area contributed by atoms with E-state index >= 15 is 0 Å². The van der Waals surface area contributed by atoms with E-state index in [1.807, 2.05) is 12.1 Å². The second kappa shape index (κ2) is 9.00. The van der Waals surface area contributed by atoms with Crippen molar-refractivity contribution in [3.63, 3.8) is 0 Å². The summed E-state index contributed by atoms with van der Waals surface area (Å²) in [5.41, 5.74) is 0.450. The highest BCUT2D eigenvalue weighted by Gasteiger charge is 2.50. The Labute approximate surface area is 190 Å². The minimum Gasteiger partial charge on any atom is -0.393 e. The maximum absolute atomic E-state index is 13.5. The molecular formula is C25H36N4O3. The summed E-state index contributed by atoms with van der Waals surface area (Å²) >= 11 is 0. The predicted octanol–water partition coefficient (Wildman–Crippen LogP) is 3.33. The summed E-state index contributed by atoms with van der Waals surface area (Å²) in [5.74, 6) is 1.44. The molecule has 2 aliphatic carbocycles. The largest absolute Gasteiger partial charge is 0.393 e. The molecule has 1 unspecified atom stereocenters. The molecular weight excluding hydrogens is 404 g/mol. The number of hydrogen-bond donors (Lipinski definition) is 2. The molecule has 1 atom stereocenters. The first-order valence-electron chi connectivity index (χ1n) is 12.6. The van der Waals surface area contributed by atoms with E-state index in [0.29, 0.717) is 11.9 Å². The molecule has 4 fully saturated rings. The van der Waals surface area contributed by atoms with Gasteiger partial charge in [0, 0.05) is 31.6 Å². The molecule has 1 aromatic rings. The first-order chi connectivity index (χ1) is 15.5. The third kappa shape index (κ3) is 4.24. The summed E-state index contributed by atoms with van der Waals surface area (Å²) in [4.78, 5) is 34.9. The summed E-state index contributed by atoms with van der Waals surface area (Å²) in [6.45, 7) is 2.47. The Bertz CT molecular complexity index is 830. The number of amides is 2. The van der Waals surface area contributed by atoms with Crippen LogP contribution < -0.4 is 10.2 Å². The van der Waals surface area contributed by atoms with E-state index in [9.17, 15) is 14.7 Å². The second-order valence-electron chi connectivity index (χ2n) is 10.4. The number of anilines is 2. The van der Waals surface area contributed by atoms with Gasteiger partial charge in [0.25, 0.3) is 0 Å². The van der Waals surface area contributed by atoms with Crippen LogP contribution in [0.5, 0.6) is 0 Å². The van der Waals surface area contributed by atoms with Crippen LogP contribution in [0.2, 0.25) is 0 Å². The lowest BCUT2D eigenvalue weighted by Gasteiger charge is -2.41. The lowest BCUT2D eigenvalue weighted by Crippen LogP contribution is -2.50. The number of pyridine rings is 1. The number of carbonyl (C=O) groups is 2. The Morgan fingerprint density at radius 3 is 2.53 bits per heavy atom. The third-order valence-electron chi connectivity index (χ3n) is 8.30. The molecule has 2 saturated heterocycles. The number of aliphatic hydroxyl groups is 1. The molecule has 0 aromatic carbocycles. The molecule has 174 valence electrons. The van der Waals surface area contributed by atoms with Gasteiger partial charge in [-0.3, -0.25) is 9.59 Å². The van der Waals surface area contributed by atoms with Gasteiger partial charge in [0.15, 0.2) is 0 Å². The van der Waals surface area contributed by atoms with Crippen molar-refractivity contribution in [2.24, 2.45) is 11.3 Å². The van der Waals surface area contributed by atoms with Gasteiger partial charge in [-0.1, -0.05) is 12.8 Å². The Hall–Kier alpha value is -2.15. The highest BCUT2D eigenvalue weighted by atomic mass is 16.3. The molecule has 3 heterocycles. The zero-order valence-corrected chi connectivity index (χ0v) is 19.0. The summed E-state index contributed by atoms with van der Waals surface area (Å²) in [6, 6.07) is 4.21. The standard InChI is InChI=1S/C25H36N4O3/c30-21-9-7-20(8-10-21)29-15-13-25(24(29)32)12-3-14-28(17-25)22-11-6-19(16-26-22)27-23(31)18-4-1-2-5-18/h6,11,16,18,20-21,30H,1-5,7-10,12-15,17H2,(H,27,31). The van der Waals surface area contributed by atoms with Crippen molar-refractivity contribution in [2.75, 3.05) is 29.9 Å². The number of nitrogens with one attached hydrogen (secondary N) is 1. The number of piperidine rings is 1. The fraction of sp³-hybridized carbons (Fsp3) is 0.720. The highest BCUT2D eigenvalue weighted by molar-refractivity contribution is 5.92. The Morgan fingerprint density at radius 1 is 1.03 bits per heavy atom. The van der Waals surface area contributed by atoms with Gasteiger partial charge in [0.05, 0.1) is 23.4 Å². The van der Waals surface area contributed by atoms with Crippen LogP contribution in [0.3, 0.4) is 0 Å². The van der Waals surface area contributed by atoms with Crippen molar-refractivity contribution in [1.82, 2.24) is 9.88 Å². The zero-order chi connectivity index (χ0) is 22.1. The fourth-order valence-electron chi connectivity index (χ4n) is 6.35. The van der Waals surface area contributed by atoms with Crippen molar-refractivity contribution in [3.05, 3.63) is 18.3 Å². The van der Waals surface area contributed by atoms with Crippen molar-refractivity contribution in [1.29, 1.82) is 0 Å². The average Bonchev–Trinajstić information content (AvgIpc) is 3.45. The van der Waals surface area contributed by atoms with Gasteiger partial charge in [-0.25, -0.2) is 4.98 Å². The molecule has 2 saturated carbocycles. The Morgan fingerprint density at radius 2 is 1.81 bits per heavy atom. The van der Waals surface area contributed by atoms with Crippen molar-refractivity contribution in [2.45, 2.75) is 82.8 Å². The van der Waals surface area contributed by atoms with Gasteiger partial charge in [-0.05, 0) is 69.9 Å². The molecule has 5 rings (SSSR count). The minimum atomic E-state index is -0.300. The molecule has 32 heavy (non-hydrogen) atoms. The monoisotopic (exact) mass is 440 g/mol. The smallest absolute Gasteiger partial charge is 0.230 e. The van der Waals surface area contributed by atoms with Crippen LogP contribution in [0.1, 0.15) is 70.6 Å². The van der Waals surface area contributed by atoms with Gasteiger partial charge >= 0.3 is 0 Å². The van der Waals surface area contributed by atoms with Crippen molar-refractivity contribution < 1.29 is 14.7 Å². The maximum atomic E-state index is 13.5. The van der Waals surface area contributed by atoms with Crippen LogP contribution in [0, 0.1) is 11.3 Å². The van der Waals surface area contributed by atoms with Crippen LogP contribution in [0.4, 0.5) is 11.5 Å². The third-order valence-corrected chi connectivity index (χ3v) is 8.30. The molecule has 1 aromatic heterocycles. The number of carbonyl (C=O) groups excluding carboxylic acids is 2. The van der Waals surface area contributed by atoms with Gasteiger partial charge in [0.1, 0.15) is 5.82 Å². The highest BCUT2D eigenvalue weighted by Crippen LogP contribution is 2.43. The molecule has 7 heteroatoms. The van der Waals surface area contributed by atoms with Gasteiger partial charge < -0.3 is 20.2 Å². The number of hydrogen-bond acceptors (Lipinski definition) is 5. The average molecular weight is 441 g/mol. The second-order valence-corrected chi connectivity index (χ2v) is 10.4. The predicted molar refractivity (Wildman–Crippen MR) is 123 cm³/mol. The quantitative estimate of drug-likeness (QED) is 0.750. The normalized spacial score (nSPS) is 31.5. The van der Waals surface area contributed by atoms with Crippen LogP contribution in [0.15, 0.2) is 18.3 Å². The molecule has 1 spiro atoms. The molecule has 0 bridgehead atoms. The van der Waals surface area contributed by atoms with E-state index in [4.69, 9.17) is 0 Å². The minimum absolute atomic E-state index is 0.112. The number of aromatic nitrogens is 1.